The van der Waals surface area contributed by atoms with E-state index in [1.54, 1.807) is 26.8 Å². The van der Waals surface area contributed by atoms with Crippen molar-refractivity contribution in [1.82, 2.24) is 5.32 Å². The molecule has 9 nitrogen and oxygen atoms in total. The predicted molar refractivity (Wildman–Crippen MR) is 96.6 cm³/mol. The highest BCUT2D eigenvalue weighted by molar-refractivity contribution is 5.99. The van der Waals surface area contributed by atoms with Crippen LogP contribution in [0.15, 0.2) is 46.8 Å². The summed E-state index contributed by atoms with van der Waals surface area (Å²) in [6, 6.07) is 5.84. The molecule has 2 rings (SSSR count). The number of benzene rings is 1. The van der Waals surface area contributed by atoms with E-state index in [4.69, 9.17) is 9.47 Å². The predicted octanol–water partition coefficient (Wildman–Crippen LogP) is 1.74. The van der Waals surface area contributed by atoms with Crippen LogP contribution in [0.1, 0.15) is 32.3 Å². The summed E-state index contributed by atoms with van der Waals surface area (Å²) in [5.74, 6) is -2.05. The number of ether oxygens (including phenoxy) is 2. The quantitative estimate of drug-likeness (QED) is 0.467. The van der Waals surface area contributed by atoms with Crippen LogP contribution in [-0.2, 0) is 19.1 Å². The molecule has 1 unspecified atom stereocenters. The van der Waals surface area contributed by atoms with Gasteiger partial charge in [-0.2, -0.15) is 0 Å². The summed E-state index contributed by atoms with van der Waals surface area (Å²) in [6.07, 6.45) is 0. The minimum atomic E-state index is -0.831. The Kier molecular flexibility index (Phi) is 7.24. The van der Waals surface area contributed by atoms with E-state index in [-0.39, 0.29) is 28.9 Å². The zero-order chi connectivity index (χ0) is 19.4. The van der Waals surface area contributed by atoms with Gasteiger partial charge in [-0.3, -0.25) is 10.1 Å². The summed E-state index contributed by atoms with van der Waals surface area (Å²) in [6.45, 7) is 5.21. The highest BCUT2D eigenvalue weighted by atomic mass is 16.6. The second kappa shape index (κ2) is 8.95. The number of carbonyl (C=O) groups is 2. The maximum atomic E-state index is 12.5. The van der Waals surface area contributed by atoms with E-state index in [1.807, 2.05) is 0 Å². The topological polar surface area (TPSA) is 139 Å². The summed E-state index contributed by atoms with van der Waals surface area (Å²) in [5.41, 5.74) is 1.76. The zero-order valence-electron chi connectivity index (χ0n) is 15.5. The second-order valence-electron chi connectivity index (χ2n) is 5.70. The van der Waals surface area contributed by atoms with Crippen LogP contribution in [-0.4, -0.2) is 36.1 Å². The van der Waals surface area contributed by atoms with E-state index in [9.17, 15) is 19.7 Å². The van der Waals surface area contributed by atoms with Crippen molar-refractivity contribution in [2.45, 2.75) is 26.7 Å². The van der Waals surface area contributed by atoms with Gasteiger partial charge in [-0.15, -0.1) is 0 Å². The van der Waals surface area contributed by atoms with Crippen LogP contribution in [0.2, 0.25) is 0 Å². The summed E-state index contributed by atoms with van der Waals surface area (Å²) in [7, 11) is 1.24. The fourth-order valence-electron chi connectivity index (χ4n) is 3.01. The van der Waals surface area contributed by atoms with E-state index >= 15 is 0 Å². The summed E-state index contributed by atoms with van der Waals surface area (Å²) < 4.78 is 10.0. The molecule has 1 aliphatic heterocycles. The Bertz CT molecular complexity index is 827. The lowest BCUT2D eigenvalue weighted by Crippen LogP contribution is -2.32. The molecule has 3 N–H and O–H groups in total. The molecule has 0 saturated heterocycles. The highest BCUT2D eigenvalue weighted by Gasteiger charge is 2.38. The van der Waals surface area contributed by atoms with Gasteiger partial charge < -0.3 is 20.3 Å². The maximum absolute atomic E-state index is 12.5. The normalized spacial score (nSPS) is 16.2. The molecule has 1 aromatic rings. The number of hydrogen-bond acceptors (Lipinski definition) is 7. The summed E-state index contributed by atoms with van der Waals surface area (Å²) >= 11 is 0. The van der Waals surface area contributed by atoms with Gasteiger partial charge in [-0.1, -0.05) is 12.1 Å². The van der Waals surface area contributed by atoms with Gasteiger partial charge in [0.05, 0.1) is 35.7 Å². The number of carbonyl (C=O) groups excluding carboxylic acids is 2. The number of hydrogen-bond donors (Lipinski definition) is 1. The molecule has 27 heavy (non-hydrogen) atoms. The molecule has 1 atom stereocenters. The smallest absolute Gasteiger partial charge is 0.336 e. The summed E-state index contributed by atoms with van der Waals surface area (Å²) in [5, 5.41) is 14.1. The second-order valence-corrected chi connectivity index (χ2v) is 5.70. The summed E-state index contributed by atoms with van der Waals surface area (Å²) in [4.78, 5) is 35.5. The molecule has 0 spiro atoms. The Morgan fingerprint density at radius 2 is 1.78 bits per heavy atom. The Labute approximate surface area is 156 Å². The molecule has 1 aliphatic rings. The third kappa shape index (κ3) is 4.32. The van der Waals surface area contributed by atoms with Crippen molar-refractivity contribution in [3.8, 4) is 0 Å². The van der Waals surface area contributed by atoms with Crippen molar-refractivity contribution < 1.29 is 29.5 Å². The lowest BCUT2D eigenvalue weighted by molar-refractivity contribution is -0.384. The van der Waals surface area contributed by atoms with Crippen molar-refractivity contribution in [2.24, 2.45) is 0 Å². The van der Waals surface area contributed by atoms with Crippen LogP contribution < -0.4 is 5.32 Å². The van der Waals surface area contributed by atoms with Crippen LogP contribution in [0, 0.1) is 10.1 Å². The molecule has 146 valence electrons. The van der Waals surface area contributed by atoms with Gasteiger partial charge in [0.2, 0.25) is 0 Å². The molecule has 0 saturated carbocycles. The third-order valence-corrected chi connectivity index (χ3v) is 4.08. The van der Waals surface area contributed by atoms with Gasteiger partial charge in [-0.25, -0.2) is 9.59 Å². The molecule has 0 amide bonds. The van der Waals surface area contributed by atoms with E-state index in [0.717, 1.165) is 0 Å². The van der Waals surface area contributed by atoms with Gasteiger partial charge in [0, 0.05) is 23.5 Å². The van der Waals surface area contributed by atoms with Gasteiger partial charge in [-0.05, 0) is 26.3 Å². The van der Waals surface area contributed by atoms with Crippen LogP contribution in [0.25, 0.3) is 0 Å². The number of nitro benzene ring substituents is 1. The molecule has 1 aromatic carbocycles. The lowest BCUT2D eigenvalue weighted by atomic mass is 9.80. The van der Waals surface area contributed by atoms with E-state index in [2.05, 4.69) is 5.32 Å². The molecule has 1 heterocycles. The number of methoxy groups -OCH3 is 1. The fraction of sp³-hybridized carbons (Fsp3) is 0.333. The Balaban J connectivity index is 0.00000364. The van der Waals surface area contributed by atoms with Crippen LogP contribution >= 0.6 is 0 Å². The van der Waals surface area contributed by atoms with Gasteiger partial charge in [0.25, 0.3) is 5.69 Å². The molecule has 0 radical (unpaired) electrons. The number of nitrogens with one attached hydrogen (secondary N) is 1. The number of nitrogens with zero attached hydrogens (tertiary/aromatic N) is 1. The van der Waals surface area contributed by atoms with Gasteiger partial charge in [0.1, 0.15) is 0 Å². The standard InChI is InChI=1S/C18H20N2O6.H2O/c1-5-26-18(22)15-11(3)19-10(2)14(17(21)25-4)16(15)12-7-6-8-13(9-12)20(23)24;/h6-9,16,19H,5H2,1-4H3;1H2. The average Bonchev–Trinajstić information content (AvgIpc) is 2.60. The first-order chi connectivity index (χ1) is 12.3. The fourth-order valence-corrected chi connectivity index (χ4v) is 3.01. The zero-order valence-corrected chi connectivity index (χ0v) is 15.5. The minimum absolute atomic E-state index is 0. The number of non-ortho nitro benzene ring substituents is 1. The van der Waals surface area contributed by atoms with Crippen molar-refractivity contribution in [1.29, 1.82) is 0 Å². The SMILES string of the molecule is CCOC(=O)C1=C(C)NC(C)=C(C(=O)OC)C1c1cccc([N+](=O)[O-])c1.O. The highest BCUT2D eigenvalue weighted by Crippen LogP contribution is 2.40. The minimum Gasteiger partial charge on any atom is -0.466 e. The Morgan fingerprint density at radius 1 is 1.19 bits per heavy atom. The van der Waals surface area contributed by atoms with Crippen molar-refractivity contribution >= 4 is 17.6 Å². The molecule has 0 aliphatic carbocycles. The molecule has 0 aromatic heterocycles. The number of allylic oxidation sites excluding steroid dienone is 2. The van der Waals surface area contributed by atoms with Crippen molar-refractivity contribution in [2.75, 3.05) is 13.7 Å². The van der Waals surface area contributed by atoms with Gasteiger partial charge >= 0.3 is 11.9 Å². The van der Waals surface area contributed by atoms with E-state index in [0.29, 0.717) is 17.0 Å². The number of nitro groups is 1. The average molecular weight is 378 g/mol. The molecule has 9 heteroatoms. The largest absolute Gasteiger partial charge is 0.466 e. The maximum Gasteiger partial charge on any atom is 0.336 e. The third-order valence-electron chi connectivity index (χ3n) is 4.08. The number of esters is 2. The van der Waals surface area contributed by atoms with Crippen LogP contribution in [0.4, 0.5) is 5.69 Å². The van der Waals surface area contributed by atoms with Crippen molar-refractivity contribution in [3.63, 3.8) is 0 Å². The monoisotopic (exact) mass is 378 g/mol. The molecule has 0 fully saturated rings. The first-order valence-electron chi connectivity index (χ1n) is 8.00. The first kappa shape index (κ1) is 21.8. The lowest BCUT2D eigenvalue weighted by Gasteiger charge is -2.30. The van der Waals surface area contributed by atoms with E-state index in [1.165, 1.54) is 25.3 Å². The number of rotatable bonds is 5. The van der Waals surface area contributed by atoms with Crippen molar-refractivity contribution in [3.05, 3.63) is 62.5 Å². The van der Waals surface area contributed by atoms with Gasteiger partial charge in [0.15, 0.2) is 0 Å². The molecule has 0 bridgehead atoms. The number of dihydropyridines is 1. The Hall–Kier alpha value is -3.20. The first-order valence-corrected chi connectivity index (χ1v) is 8.00. The van der Waals surface area contributed by atoms with Crippen LogP contribution in [0.5, 0.6) is 0 Å². The molecular formula is C18H22N2O7. The Morgan fingerprint density at radius 3 is 2.30 bits per heavy atom. The van der Waals surface area contributed by atoms with Crippen LogP contribution in [0.3, 0.4) is 0 Å². The molecular weight excluding hydrogens is 356 g/mol. The van der Waals surface area contributed by atoms with E-state index < -0.39 is 22.8 Å².